The van der Waals surface area contributed by atoms with Crippen LogP contribution in [-0.4, -0.2) is 34.5 Å². The lowest BCUT2D eigenvalue weighted by atomic mass is 10.1. The van der Waals surface area contributed by atoms with Crippen molar-refractivity contribution in [3.05, 3.63) is 66.1 Å². The van der Waals surface area contributed by atoms with Gasteiger partial charge in [-0.25, -0.2) is 30.6 Å². The number of hydrogen-bond acceptors (Lipinski definition) is 6. The van der Waals surface area contributed by atoms with Gasteiger partial charge in [0.1, 0.15) is 18.2 Å². The molecule has 0 radical (unpaired) electrons. The fourth-order valence-corrected chi connectivity index (χ4v) is 2.76. The van der Waals surface area contributed by atoms with E-state index >= 15 is 0 Å². The third-order valence-electron chi connectivity index (χ3n) is 4.20. The van der Waals surface area contributed by atoms with Gasteiger partial charge in [0, 0.05) is 19.3 Å². The second-order valence-electron chi connectivity index (χ2n) is 6.31. The Hall–Kier alpha value is -3.63. The highest BCUT2D eigenvalue weighted by molar-refractivity contribution is 5.91. The van der Waals surface area contributed by atoms with Gasteiger partial charge in [-0.2, -0.15) is 0 Å². The number of carbonyl (C=O) groups is 1. The van der Waals surface area contributed by atoms with Crippen LogP contribution in [0.15, 0.2) is 54.7 Å². The number of nitrogens with two attached hydrogens (primary N) is 2. The van der Waals surface area contributed by atoms with Gasteiger partial charge in [-0.05, 0) is 43.3 Å². The largest absolute Gasteiger partial charge is 0.493 e. The van der Waals surface area contributed by atoms with E-state index < -0.39 is 6.03 Å². The summed E-state index contributed by atoms with van der Waals surface area (Å²) < 4.78 is 26.1. The number of hydrazine groups is 2. The lowest BCUT2D eigenvalue weighted by Crippen LogP contribution is -2.49. The number of nitrogens with zero attached hydrogens (tertiary/aromatic N) is 4. The summed E-state index contributed by atoms with van der Waals surface area (Å²) in [5.74, 6) is 12.0. The summed E-state index contributed by atoms with van der Waals surface area (Å²) in [4.78, 5) is 12.2. The van der Waals surface area contributed by atoms with E-state index in [4.69, 9.17) is 21.2 Å². The third-order valence-corrected chi connectivity index (χ3v) is 4.20. The Morgan fingerprint density at radius 1 is 1.13 bits per heavy atom. The molecule has 9 nitrogen and oxygen atoms in total. The van der Waals surface area contributed by atoms with Crippen LogP contribution < -0.4 is 26.2 Å². The summed E-state index contributed by atoms with van der Waals surface area (Å²) in [6.07, 6.45) is 1.69. The molecule has 0 saturated carbocycles. The van der Waals surface area contributed by atoms with Gasteiger partial charge in [0.15, 0.2) is 0 Å². The summed E-state index contributed by atoms with van der Waals surface area (Å²) in [6, 6.07) is 12.1. The molecule has 0 fully saturated rings. The van der Waals surface area contributed by atoms with E-state index in [0.717, 1.165) is 10.0 Å². The molecule has 0 aliphatic rings. The number of carbonyl (C=O) groups excluding carboxylic acids is 1. The monoisotopic (exact) mass is 414 g/mol. The van der Waals surface area contributed by atoms with Crippen molar-refractivity contribution in [2.75, 3.05) is 18.7 Å². The maximum atomic E-state index is 13.1. The van der Waals surface area contributed by atoms with Crippen molar-refractivity contribution < 1.29 is 18.7 Å². The molecule has 4 N–H and O–H groups in total. The predicted molar refractivity (Wildman–Crippen MR) is 109 cm³/mol. The van der Waals surface area contributed by atoms with Crippen LogP contribution in [0.1, 0.15) is 12.5 Å². The number of aromatic nitrogens is 2. The zero-order chi connectivity index (χ0) is 21.7. The van der Waals surface area contributed by atoms with Crippen molar-refractivity contribution in [1.82, 2.24) is 14.8 Å². The van der Waals surface area contributed by atoms with Gasteiger partial charge in [0.05, 0.1) is 23.5 Å². The molecule has 10 heteroatoms. The molecule has 2 amide bonds. The number of ether oxygens (including phenoxy) is 2. The molecule has 158 valence electrons. The summed E-state index contributed by atoms with van der Waals surface area (Å²) in [6.45, 7) is 2.31. The van der Waals surface area contributed by atoms with E-state index in [9.17, 15) is 9.18 Å². The highest BCUT2D eigenvalue weighted by Crippen LogP contribution is 2.30. The van der Waals surface area contributed by atoms with Crippen LogP contribution in [0, 0.1) is 5.82 Å². The predicted octanol–water partition coefficient (Wildman–Crippen LogP) is 2.59. The standard InChI is InChI=1S/C20H23FN6O3/c1-3-29-18-6-4-5-17(27(23)20(28)25(2)22)16(18)13-30-19-11-12-26(24-19)15-9-7-14(21)8-10-15/h4-12H,3,13,22-23H2,1-2H3. The minimum Gasteiger partial charge on any atom is -0.493 e. The lowest BCUT2D eigenvalue weighted by molar-refractivity contribution is 0.216. The van der Waals surface area contributed by atoms with Crippen molar-refractivity contribution in [2.45, 2.75) is 13.5 Å². The minimum absolute atomic E-state index is 0.0429. The van der Waals surface area contributed by atoms with Crippen LogP contribution >= 0.6 is 0 Å². The smallest absolute Gasteiger partial charge is 0.352 e. The molecule has 0 spiro atoms. The molecule has 3 aromatic rings. The summed E-state index contributed by atoms with van der Waals surface area (Å²) in [5, 5.41) is 6.14. The van der Waals surface area contributed by atoms with Crippen LogP contribution in [0.25, 0.3) is 5.69 Å². The van der Waals surface area contributed by atoms with Gasteiger partial charge < -0.3 is 9.47 Å². The van der Waals surface area contributed by atoms with E-state index in [0.29, 0.717) is 35.2 Å². The zero-order valence-corrected chi connectivity index (χ0v) is 16.7. The van der Waals surface area contributed by atoms with Gasteiger partial charge in [-0.3, -0.25) is 5.01 Å². The molecule has 0 aliphatic carbocycles. The molecule has 1 heterocycles. The lowest BCUT2D eigenvalue weighted by Gasteiger charge is -2.24. The Bertz CT molecular complexity index is 1010. The zero-order valence-electron chi connectivity index (χ0n) is 16.7. The normalized spacial score (nSPS) is 10.6. The number of amides is 2. The molecular formula is C20H23FN6O3. The van der Waals surface area contributed by atoms with Gasteiger partial charge in [-0.1, -0.05) is 6.07 Å². The second-order valence-corrected chi connectivity index (χ2v) is 6.31. The van der Waals surface area contributed by atoms with Crippen LogP contribution in [0.4, 0.5) is 14.9 Å². The van der Waals surface area contributed by atoms with Crippen LogP contribution in [0.2, 0.25) is 0 Å². The first kappa shape index (κ1) is 21.1. The van der Waals surface area contributed by atoms with Crippen molar-refractivity contribution in [2.24, 2.45) is 11.7 Å². The van der Waals surface area contributed by atoms with E-state index in [1.807, 2.05) is 6.92 Å². The van der Waals surface area contributed by atoms with Crippen LogP contribution in [0.3, 0.4) is 0 Å². The average Bonchev–Trinajstić information content (AvgIpc) is 3.21. The highest BCUT2D eigenvalue weighted by Gasteiger charge is 2.21. The van der Waals surface area contributed by atoms with Crippen molar-refractivity contribution >= 4 is 11.7 Å². The fraction of sp³-hybridized carbons (Fsp3) is 0.200. The van der Waals surface area contributed by atoms with Crippen LogP contribution in [0.5, 0.6) is 11.6 Å². The number of rotatable bonds is 7. The van der Waals surface area contributed by atoms with Gasteiger partial charge in [0.2, 0.25) is 5.88 Å². The molecule has 0 bridgehead atoms. The number of benzene rings is 2. The van der Waals surface area contributed by atoms with Gasteiger partial charge in [0.25, 0.3) is 0 Å². The molecule has 1 aromatic heterocycles. The first-order valence-electron chi connectivity index (χ1n) is 9.17. The van der Waals surface area contributed by atoms with Crippen molar-refractivity contribution in [1.29, 1.82) is 0 Å². The summed E-state index contributed by atoms with van der Waals surface area (Å²) in [5.41, 5.74) is 1.64. The molecule has 0 saturated heterocycles. The Kier molecular flexibility index (Phi) is 6.50. The van der Waals surface area contributed by atoms with Crippen molar-refractivity contribution in [3.8, 4) is 17.3 Å². The van der Waals surface area contributed by atoms with Crippen molar-refractivity contribution in [3.63, 3.8) is 0 Å². The fourth-order valence-electron chi connectivity index (χ4n) is 2.76. The quantitative estimate of drug-likeness (QED) is 0.349. The van der Waals surface area contributed by atoms with Gasteiger partial charge >= 0.3 is 6.03 Å². The Morgan fingerprint density at radius 3 is 2.53 bits per heavy atom. The first-order valence-corrected chi connectivity index (χ1v) is 9.17. The molecule has 0 atom stereocenters. The minimum atomic E-state index is -0.606. The SMILES string of the molecule is CCOc1cccc(N(N)C(=O)N(C)N)c1COc1ccn(-c2ccc(F)cc2)n1. The number of halogens is 1. The summed E-state index contributed by atoms with van der Waals surface area (Å²) >= 11 is 0. The van der Waals surface area contributed by atoms with E-state index in [-0.39, 0.29) is 12.4 Å². The molecule has 2 aromatic carbocycles. The average molecular weight is 414 g/mol. The Balaban J connectivity index is 1.83. The summed E-state index contributed by atoms with van der Waals surface area (Å²) in [7, 11) is 1.40. The van der Waals surface area contributed by atoms with E-state index in [1.165, 1.54) is 19.2 Å². The molecule has 30 heavy (non-hydrogen) atoms. The maximum absolute atomic E-state index is 13.1. The topological polar surface area (TPSA) is 112 Å². The first-order chi connectivity index (χ1) is 14.4. The van der Waals surface area contributed by atoms with E-state index in [2.05, 4.69) is 5.10 Å². The number of hydrogen-bond donors (Lipinski definition) is 2. The molecular weight excluding hydrogens is 391 g/mol. The van der Waals surface area contributed by atoms with Gasteiger partial charge in [-0.15, -0.1) is 5.10 Å². The molecule has 0 unspecified atom stereocenters. The second kappa shape index (κ2) is 9.25. The highest BCUT2D eigenvalue weighted by atomic mass is 19.1. The Labute approximate surface area is 173 Å². The maximum Gasteiger partial charge on any atom is 0.352 e. The number of anilines is 1. The molecule has 3 rings (SSSR count). The molecule has 0 aliphatic heterocycles. The Morgan fingerprint density at radius 2 is 1.87 bits per heavy atom. The third kappa shape index (κ3) is 4.67. The number of urea groups is 1. The van der Waals surface area contributed by atoms with E-state index in [1.54, 1.807) is 47.3 Å². The van der Waals surface area contributed by atoms with Crippen LogP contribution in [-0.2, 0) is 6.61 Å².